The second kappa shape index (κ2) is 7.07. The summed E-state index contributed by atoms with van der Waals surface area (Å²) in [5.74, 6) is 0.0407. The van der Waals surface area contributed by atoms with Gasteiger partial charge in [-0.3, -0.25) is 14.5 Å². The molecule has 8 heteroatoms. The zero-order valence-corrected chi connectivity index (χ0v) is 15.8. The van der Waals surface area contributed by atoms with Crippen molar-refractivity contribution in [3.05, 3.63) is 11.6 Å². The molecule has 2 atom stereocenters. The van der Waals surface area contributed by atoms with Crippen LogP contribution >= 0.6 is 0 Å². The van der Waals surface area contributed by atoms with E-state index in [0.29, 0.717) is 32.6 Å². The van der Waals surface area contributed by atoms with E-state index in [4.69, 9.17) is 0 Å². The highest BCUT2D eigenvalue weighted by Crippen LogP contribution is 2.27. The number of carbonyl (C=O) groups excluding carboxylic acids is 2. The predicted octanol–water partition coefficient (Wildman–Crippen LogP) is -0.115. The number of rotatable bonds is 4. The lowest BCUT2D eigenvalue weighted by atomic mass is 10.0. The molecular weight excluding hydrogens is 342 g/mol. The number of fused-ring (bicyclic) bond motifs is 1. The number of piperazine rings is 1. The summed E-state index contributed by atoms with van der Waals surface area (Å²) in [5.41, 5.74) is 1.20. The summed E-state index contributed by atoms with van der Waals surface area (Å²) in [6.45, 7) is 6.65. The third-order valence-corrected chi connectivity index (χ3v) is 7.04. The first-order chi connectivity index (χ1) is 11.8. The van der Waals surface area contributed by atoms with Crippen LogP contribution < -0.4 is 0 Å². The maximum absolute atomic E-state index is 12.7. The molecule has 0 aromatic heterocycles. The van der Waals surface area contributed by atoms with Crippen molar-refractivity contribution in [2.75, 3.05) is 44.2 Å². The maximum Gasteiger partial charge on any atom is 0.242 e. The molecule has 3 saturated heterocycles. The molecule has 3 fully saturated rings. The van der Waals surface area contributed by atoms with Gasteiger partial charge in [0.2, 0.25) is 11.8 Å². The number of hydrogen-bond donors (Lipinski definition) is 0. The van der Waals surface area contributed by atoms with Crippen molar-refractivity contribution in [3.8, 4) is 0 Å². The normalized spacial score (nSPS) is 29.0. The molecule has 3 aliphatic rings. The van der Waals surface area contributed by atoms with E-state index in [9.17, 15) is 18.0 Å². The summed E-state index contributed by atoms with van der Waals surface area (Å²) >= 11 is 0. The third-order valence-electron chi connectivity index (χ3n) is 5.34. The minimum atomic E-state index is -3.14. The van der Waals surface area contributed by atoms with Crippen LogP contribution in [-0.4, -0.2) is 91.2 Å². The topological polar surface area (TPSA) is 78.0 Å². The van der Waals surface area contributed by atoms with Crippen LogP contribution in [0.5, 0.6) is 0 Å². The average molecular weight is 369 g/mol. The fourth-order valence-corrected chi connectivity index (χ4v) is 6.00. The van der Waals surface area contributed by atoms with Crippen molar-refractivity contribution < 1.29 is 18.0 Å². The fourth-order valence-electron chi connectivity index (χ4n) is 3.99. The number of amides is 2. The van der Waals surface area contributed by atoms with Crippen LogP contribution in [0.3, 0.4) is 0 Å². The lowest BCUT2D eigenvalue weighted by molar-refractivity contribution is -0.142. The smallest absolute Gasteiger partial charge is 0.242 e. The Morgan fingerprint density at radius 2 is 1.88 bits per heavy atom. The van der Waals surface area contributed by atoms with Gasteiger partial charge in [-0.25, -0.2) is 8.42 Å². The van der Waals surface area contributed by atoms with Gasteiger partial charge in [-0.1, -0.05) is 11.6 Å². The van der Waals surface area contributed by atoms with Crippen LogP contribution in [-0.2, 0) is 19.4 Å². The quantitative estimate of drug-likeness (QED) is 0.646. The van der Waals surface area contributed by atoms with E-state index in [2.05, 4.69) is 11.0 Å². The van der Waals surface area contributed by atoms with E-state index in [-0.39, 0.29) is 41.9 Å². The van der Waals surface area contributed by atoms with Crippen molar-refractivity contribution >= 4 is 21.7 Å². The third kappa shape index (κ3) is 4.06. The summed E-state index contributed by atoms with van der Waals surface area (Å²) in [6, 6.07) is -0.443. The van der Waals surface area contributed by atoms with E-state index in [0.717, 1.165) is 6.42 Å². The largest absolute Gasteiger partial charge is 0.334 e. The molecule has 0 N–H and O–H groups in total. The van der Waals surface area contributed by atoms with Crippen molar-refractivity contribution in [3.63, 3.8) is 0 Å². The molecular formula is C17H27N3O4S. The van der Waals surface area contributed by atoms with E-state index < -0.39 is 9.84 Å². The molecule has 3 rings (SSSR count). The Hall–Kier alpha value is -1.41. The second-order valence-corrected chi connectivity index (χ2v) is 9.65. The molecule has 0 radical (unpaired) electrons. The molecule has 2 amide bonds. The molecule has 7 nitrogen and oxygen atoms in total. The Balaban J connectivity index is 1.73. The van der Waals surface area contributed by atoms with E-state index in [1.54, 1.807) is 9.80 Å². The number of nitrogens with zero attached hydrogens (tertiary/aromatic N) is 3. The summed E-state index contributed by atoms with van der Waals surface area (Å²) in [5, 5.41) is 0. The number of likely N-dealkylation sites (tertiary alicyclic amines) is 1. The van der Waals surface area contributed by atoms with Gasteiger partial charge in [0, 0.05) is 38.6 Å². The lowest BCUT2D eigenvalue weighted by Gasteiger charge is -2.44. The summed E-state index contributed by atoms with van der Waals surface area (Å²) in [6.07, 6.45) is 3.40. The molecule has 0 aliphatic carbocycles. The van der Waals surface area contributed by atoms with Crippen molar-refractivity contribution in [1.29, 1.82) is 0 Å². The van der Waals surface area contributed by atoms with Crippen molar-refractivity contribution in [2.24, 2.45) is 0 Å². The second-order valence-electron chi connectivity index (χ2n) is 7.49. The van der Waals surface area contributed by atoms with Gasteiger partial charge in [-0.2, -0.15) is 0 Å². The molecule has 0 saturated carbocycles. The van der Waals surface area contributed by atoms with Gasteiger partial charge in [0.25, 0.3) is 0 Å². The van der Waals surface area contributed by atoms with Crippen LogP contribution in [0.15, 0.2) is 11.6 Å². The molecule has 25 heavy (non-hydrogen) atoms. The van der Waals surface area contributed by atoms with E-state index >= 15 is 0 Å². The highest BCUT2D eigenvalue weighted by Gasteiger charge is 2.47. The highest BCUT2D eigenvalue weighted by atomic mass is 32.2. The Kier molecular flexibility index (Phi) is 5.20. The molecule has 2 unspecified atom stereocenters. The van der Waals surface area contributed by atoms with Crippen molar-refractivity contribution in [2.45, 2.75) is 38.8 Å². The highest BCUT2D eigenvalue weighted by molar-refractivity contribution is 7.91. The van der Waals surface area contributed by atoms with Gasteiger partial charge in [0.15, 0.2) is 9.84 Å². The summed E-state index contributed by atoms with van der Waals surface area (Å²) in [7, 11) is -3.14. The molecule has 0 aromatic rings. The number of hydrogen-bond acceptors (Lipinski definition) is 5. The average Bonchev–Trinajstić information content (AvgIpc) is 3.06. The maximum atomic E-state index is 12.7. The molecule has 3 heterocycles. The molecule has 0 bridgehead atoms. The van der Waals surface area contributed by atoms with E-state index in [1.165, 1.54) is 5.57 Å². The first-order valence-electron chi connectivity index (χ1n) is 8.92. The number of sulfone groups is 1. The predicted molar refractivity (Wildman–Crippen MR) is 94.8 cm³/mol. The SMILES string of the molecule is CC(C)=CCN1CCN(C(=O)CN2CCCC2=O)C2CS(=O)(=O)CC21. The zero-order valence-electron chi connectivity index (χ0n) is 15.0. The molecule has 140 valence electrons. The summed E-state index contributed by atoms with van der Waals surface area (Å²) < 4.78 is 24.4. The minimum Gasteiger partial charge on any atom is -0.334 e. The molecule has 0 aromatic carbocycles. The van der Waals surface area contributed by atoms with Crippen LogP contribution in [0.2, 0.25) is 0 Å². The van der Waals surface area contributed by atoms with Crippen LogP contribution in [0, 0.1) is 0 Å². The first kappa shape index (κ1) is 18.4. The van der Waals surface area contributed by atoms with Crippen LogP contribution in [0.1, 0.15) is 26.7 Å². The van der Waals surface area contributed by atoms with Gasteiger partial charge in [0.05, 0.1) is 24.1 Å². The van der Waals surface area contributed by atoms with Crippen LogP contribution in [0.4, 0.5) is 0 Å². The van der Waals surface area contributed by atoms with Gasteiger partial charge in [0.1, 0.15) is 0 Å². The monoisotopic (exact) mass is 369 g/mol. The van der Waals surface area contributed by atoms with E-state index in [1.807, 2.05) is 13.8 Å². The standard InChI is InChI=1S/C17H27N3O4S/c1-13(2)5-7-18-8-9-20(15-12-25(23,24)11-14(15)18)17(22)10-19-6-3-4-16(19)21/h5,14-15H,3-4,6-12H2,1-2H3. The van der Waals surface area contributed by atoms with Gasteiger partial charge in [-0.05, 0) is 20.3 Å². The molecule has 0 spiro atoms. The van der Waals surface area contributed by atoms with Gasteiger partial charge >= 0.3 is 0 Å². The molecule has 3 aliphatic heterocycles. The lowest BCUT2D eigenvalue weighted by Crippen LogP contribution is -2.61. The van der Waals surface area contributed by atoms with Crippen molar-refractivity contribution in [1.82, 2.24) is 14.7 Å². The first-order valence-corrected chi connectivity index (χ1v) is 10.7. The fraction of sp³-hybridized carbons (Fsp3) is 0.765. The zero-order chi connectivity index (χ0) is 18.2. The Labute approximate surface area is 149 Å². The minimum absolute atomic E-state index is 0.0196. The van der Waals surface area contributed by atoms with Crippen LogP contribution in [0.25, 0.3) is 0 Å². The Morgan fingerprint density at radius 3 is 2.52 bits per heavy atom. The number of allylic oxidation sites excluding steroid dienone is 1. The Bertz CT molecular complexity index is 684. The van der Waals surface area contributed by atoms with Gasteiger partial charge < -0.3 is 9.80 Å². The Morgan fingerprint density at radius 1 is 1.16 bits per heavy atom. The summed E-state index contributed by atoms with van der Waals surface area (Å²) in [4.78, 5) is 30.0. The van der Waals surface area contributed by atoms with Gasteiger partial charge in [-0.15, -0.1) is 0 Å². The number of carbonyl (C=O) groups is 2.